The molecule has 0 amide bonds. The normalized spacial score (nSPS) is 12.0. The number of aromatic nitrogens is 4. The Labute approximate surface area is 285 Å². The van der Waals surface area contributed by atoms with Crippen LogP contribution in [0.3, 0.4) is 0 Å². The quantitative estimate of drug-likeness (QED) is 0.181. The van der Waals surface area contributed by atoms with E-state index in [1.54, 1.807) is 0 Å². The standard InChI is InChI=1S/C45H26N4O/c1-2-12-29-26-41-38(25-28(29)11-1)36-16-9-17-37(42(36)50-41)44-46-43(31-22-23-33-30(24-31)21-20-27-10-3-4-13-32(27)33)47-45(48-44)49-39-18-7-5-14-34(39)35-15-6-8-19-40(35)49/h1-26H. The van der Waals surface area contributed by atoms with E-state index in [0.29, 0.717) is 17.6 Å². The molecule has 0 atom stereocenters. The summed E-state index contributed by atoms with van der Waals surface area (Å²) in [5.74, 6) is 1.71. The van der Waals surface area contributed by atoms with E-state index in [0.717, 1.165) is 65.6 Å². The van der Waals surface area contributed by atoms with Gasteiger partial charge in [0.1, 0.15) is 11.2 Å². The molecule has 0 radical (unpaired) electrons. The van der Waals surface area contributed by atoms with Crippen LogP contribution >= 0.6 is 0 Å². The van der Waals surface area contributed by atoms with Gasteiger partial charge in [-0.1, -0.05) is 121 Å². The van der Waals surface area contributed by atoms with Crippen molar-refractivity contribution in [2.24, 2.45) is 0 Å². The van der Waals surface area contributed by atoms with E-state index in [-0.39, 0.29) is 0 Å². The maximum Gasteiger partial charge on any atom is 0.238 e. The molecule has 50 heavy (non-hydrogen) atoms. The van der Waals surface area contributed by atoms with Crippen LogP contribution in [-0.4, -0.2) is 19.5 Å². The van der Waals surface area contributed by atoms with Crippen LogP contribution in [0.5, 0.6) is 0 Å². The van der Waals surface area contributed by atoms with Crippen LogP contribution in [0.1, 0.15) is 0 Å². The minimum absolute atomic E-state index is 0.555. The van der Waals surface area contributed by atoms with Gasteiger partial charge in [0.15, 0.2) is 11.6 Å². The lowest BCUT2D eigenvalue weighted by Gasteiger charge is -2.12. The zero-order valence-corrected chi connectivity index (χ0v) is 26.7. The highest BCUT2D eigenvalue weighted by atomic mass is 16.3. The first-order valence-corrected chi connectivity index (χ1v) is 16.8. The summed E-state index contributed by atoms with van der Waals surface area (Å²) in [6, 6.07) is 55.1. The fourth-order valence-corrected chi connectivity index (χ4v) is 7.66. The minimum Gasteiger partial charge on any atom is -0.455 e. The van der Waals surface area contributed by atoms with Crippen LogP contribution < -0.4 is 0 Å². The Morgan fingerprint density at radius 2 is 1.02 bits per heavy atom. The number of para-hydroxylation sites is 3. The summed E-state index contributed by atoms with van der Waals surface area (Å²) in [6.45, 7) is 0. The van der Waals surface area contributed by atoms with Crippen molar-refractivity contribution >= 4 is 76.1 Å². The highest BCUT2D eigenvalue weighted by Crippen LogP contribution is 2.38. The SMILES string of the molecule is c1ccc2cc3c(cc2c1)oc1c(-c2nc(-c4ccc5c(ccc6ccccc65)c4)nc(-n4c5ccccc5c5ccccc54)n2)cccc13. The summed E-state index contributed by atoms with van der Waals surface area (Å²) in [5, 5.41) is 11.5. The van der Waals surface area contributed by atoms with E-state index in [1.807, 2.05) is 6.07 Å². The van der Waals surface area contributed by atoms with Crippen molar-refractivity contribution in [1.82, 2.24) is 19.5 Å². The zero-order chi connectivity index (χ0) is 32.8. The number of nitrogens with zero attached hydrogens (tertiary/aromatic N) is 4. The molecule has 5 nitrogen and oxygen atoms in total. The highest BCUT2D eigenvalue weighted by Gasteiger charge is 2.20. The molecule has 232 valence electrons. The van der Waals surface area contributed by atoms with Crippen LogP contribution in [0.4, 0.5) is 0 Å². The van der Waals surface area contributed by atoms with E-state index in [4.69, 9.17) is 19.4 Å². The summed E-state index contributed by atoms with van der Waals surface area (Å²) in [5.41, 5.74) is 5.41. The van der Waals surface area contributed by atoms with Gasteiger partial charge in [0.2, 0.25) is 5.95 Å². The first-order valence-electron chi connectivity index (χ1n) is 16.8. The Morgan fingerprint density at radius 1 is 0.400 bits per heavy atom. The van der Waals surface area contributed by atoms with Gasteiger partial charge in [-0.2, -0.15) is 9.97 Å². The van der Waals surface area contributed by atoms with E-state index < -0.39 is 0 Å². The van der Waals surface area contributed by atoms with Crippen LogP contribution in [0.15, 0.2) is 162 Å². The molecule has 0 spiro atoms. The first kappa shape index (κ1) is 27.1. The number of fused-ring (bicyclic) bond motifs is 10. The largest absolute Gasteiger partial charge is 0.455 e. The molecule has 11 rings (SSSR count). The molecule has 0 aliphatic heterocycles. The van der Waals surface area contributed by atoms with Crippen LogP contribution in [0.2, 0.25) is 0 Å². The first-order chi connectivity index (χ1) is 24.8. The minimum atomic E-state index is 0.555. The molecule has 11 aromatic rings. The van der Waals surface area contributed by atoms with Crippen molar-refractivity contribution in [3.63, 3.8) is 0 Å². The van der Waals surface area contributed by atoms with E-state index in [2.05, 4.69) is 156 Å². The molecule has 3 aromatic heterocycles. The number of hydrogen-bond donors (Lipinski definition) is 0. The van der Waals surface area contributed by atoms with Crippen molar-refractivity contribution in [1.29, 1.82) is 0 Å². The molecule has 0 bridgehead atoms. The zero-order valence-electron chi connectivity index (χ0n) is 26.7. The van der Waals surface area contributed by atoms with Crippen molar-refractivity contribution in [3.8, 4) is 28.7 Å². The fraction of sp³-hybridized carbons (Fsp3) is 0. The molecule has 3 heterocycles. The monoisotopic (exact) mass is 638 g/mol. The maximum atomic E-state index is 6.65. The number of benzene rings is 8. The van der Waals surface area contributed by atoms with Gasteiger partial charge in [-0.15, -0.1) is 0 Å². The third-order valence-corrected chi connectivity index (χ3v) is 10.0. The summed E-state index contributed by atoms with van der Waals surface area (Å²) in [7, 11) is 0. The Bertz CT molecular complexity index is 3120. The van der Waals surface area contributed by atoms with Gasteiger partial charge in [-0.05, 0) is 68.7 Å². The Balaban J connectivity index is 1.20. The molecular weight excluding hydrogens is 613 g/mol. The third-order valence-electron chi connectivity index (χ3n) is 10.0. The second-order valence-electron chi connectivity index (χ2n) is 12.9. The molecule has 0 saturated heterocycles. The topological polar surface area (TPSA) is 56.7 Å². The third kappa shape index (κ3) is 3.98. The number of rotatable bonds is 3. The van der Waals surface area contributed by atoms with Gasteiger partial charge in [0.25, 0.3) is 0 Å². The summed E-state index contributed by atoms with van der Waals surface area (Å²) in [6.07, 6.45) is 0. The highest BCUT2D eigenvalue weighted by molar-refractivity contribution is 6.13. The van der Waals surface area contributed by atoms with Crippen LogP contribution in [-0.2, 0) is 0 Å². The van der Waals surface area contributed by atoms with E-state index in [9.17, 15) is 0 Å². The Kier molecular flexibility index (Phi) is 5.60. The lowest BCUT2D eigenvalue weighted by atomic mass is 10.00. The molecule has 0 N–H and O–H groups in total. The molecular formula is C45H26N4O. The van der Waals surface area contributed by atoms with Crippen LogP contribution in [0.25, 0.3) is 105 Å². The summed E-state index contributed by atoms with van der Waals surface area (Å²) < 4.78 is 8.81. The van der Waals surface area contributed by atoms with Gasteiger partial charge >= 0.3 is 0 Å². The van der Waals surface area contributed by atoms with Gasteiger partial charge in [-0.25, -0.2) is 4.98 Å². The molecule has 0 unspecified atom stereocenters. The van der Waals surface area contributed by atoms with Gasteiger partial charge in [-0.3, -0.25) is 4.57 Å². The second kappa shape index (κ2) is 10.3. The van der Waals surface area contributed by atoms with Crippen molar-refractivity contribution in [2.45, 2.75) is 0 Å². The van der Waals surface area contributed by atoms with E-state index >= 15 is 0 Å². The van der Waals surface area contributed by atoms with Gasteiger partial charge in [0.05, 0.1) is 16.6 Å². The average molecular weight is 639 g/mol. The molecule has 0 saturated carbocycles. The predicted molar refractivity (Wildman–Crippen MR) is 205 cm³/mol. The second-order valence-corrected chi connectivity index (χ2v) is 12.9. The van der Waals surface area contributed by atoms with Crippen molar-refractivity contribution < 1.29 is 4.42 Å². The predicted octanol–water partition coefficient (Wildman–Crippen LogP) is 11.7. The summed E-state index contributed by atoms with van der Waals surface area (Å²) in [4.78, 5) is 15.6. The summed E-state index contributed by atoms with van der Waals surface area (Å²) >= 11 is 0. The van der Waals surface area contributed by atoms with Gasteiger partial charge < -0.3 is 4.42 Å². The fourth-order valence-electron chi connectivity index (χ4n) is 7.66. The molecule has 0 aliphatic carbocycles. The Morgan fingerprint density at radius 3 is 1.82 bits per heavy atom. The number of hydrogen-bond acceptors (Lipinski definition) is 4. The molecule has 0 fully saturated rings. The molecule has 5 heteroatoms. The average Bonchev–Trinajstić information content (AvgIpc) is 3.72. The smallest absolute Gasteiger partial charge is 0.238 e. The lowest BCUT2D eigenvalue weighted by Crippen LogP contribution is -2.06. The number of furan rings is 1. The van der Waals surface area contributed by atoms with Crippen molar-refractivity contribution in [2.75, 3.05) is 0 Å². The molecule has 0 aliphatic rings. The van der Waals surface area contributed by atoms with Crippen LogP contribution in [0, 0.1) is 0 Å². The van der Waals surface area contributed by atoms with Gasteiger partial charge in [0, 0.05) is 27.1 Å². The van der Waals surface area contributed by atoms with Crippen molar-refractivity contribution in [3.05, 3.63) is 158 Å². The molecule has 8 aromatic carbocycles. The van der Waals surface area contributed by atoms with E-state index in [1.165, 1.54) is 21.5 Å². The maximum absolute atomic E-state index is 6.65. The Hall–Kier alpha value is -6.85. The lowest BCUT2D eigenvalue weighted by molar-refractivity contribution is 0.670.